The van der Waals surface area contributed by atoms with Crippen molar-refractivity contribution in [2.75, 3.05) is 13.1 Å². The summed E-state index contributed by atoms with van der Waals surface area (Å²) in [5, 5.41) is 5.46. The van der Waals surface area contributed by atoms with Gasteiger partial charge in [0.25, 0.3) is 5.56 Å². The second-order valence-electron chi connectivity index (χ2n) is 4.27. The van der Waals surface area contributed by atoms with E-state index >= 15 is 0 Å². The Kier molecular flexibility index (Phi) is 4.73. The Bertz CT molecular complexity index is 531. The highest BCUT2D eigenvalue weighted by atomic mass is 32.1. The lowest BCUT2D eigenvalue weighted by atomic mass is 10.3. The van der Waals surface area contributed by atoms with E-state index in [0.29, 0.717) is 0 Å². The summed E-state index contributed by atoms with van der Waals surface area (Å²) in [5.41, 5.74) is 0.911. The van der Waals surface area contributed by atoms with Crippen molar-refractivity contribution in [2.24, 2.45) is 0 Å². The molecule has 2 aromatic heterocycles. The molecular formula is C14H18N2OS. The van der Waals surface area contributed by atoms with Gasteiger partial charge in [-0.25, -0.2) is 0 Å². The van der Waals surface area contributed by atoms with Crippen LogP contribution < -0.4 is 10.9 Å². The van der Waals surface area contributed by atoms with Gasteiger partial charge >= 0.3 is 0 Å². The van der Waals surface area contributed by atoms with E-state index in [1.807, 2.05) is 25.3 Å². The zero-order valence-electron chi connectivity index (χ0n) is 10.6. The summed E-state index contributed by atoms with van der Waals surface area (Å²) in [6.45, 7) is 4.36. The number of nitrogens with zero attached hydrogens (tertiary/aromatic N) is 1. The van der Waals surface area contributed by atoms with Crippen molar-refractivity contribution in [2.45, 2.75) is 19.9 Å². The molecule has 0 saturated heterocycles. The molecule has 0 spiro atoms. The normalized spacial score (nSPS) is 10.7. The smallest absolute Gasteiger partial charge is 0.253 e. The van der Waals surface area contributed by atoms with Gasteiger partial charge in [-0.3, -0.25) is 4.79 Å². The Labute approximate surface area is 111 Å². The maximum Gasteiger partial charge on any atom is 0.253 e. The van der Waals surface area contributed by atoms with Crippen molar-refractivity contribution >= 4 is 11.3 Å². The van der Waals surface area contributed by atoms with Gasteiger partial charge in [-0.1, -0.05) is 12.1 Å². The largest absolute Gasteiger partial charge is 0.315 e. The van der Waals surface area contributed by atoms with Gasteiger partial charge in [0, 0.05) is 36.3 Å². The molecule has 2 aromatic rings. The Morgan fingerprint density at radius 1 is 1.28 bits per heavy atom. The third-order valence-electron chi connectivity index (χ3n) is 2.87. The first-order valence-electron chi connectivity index (χ1n) is 6.16. The van der Waals surface area contributed by atoms with Crippen LogP contribution in [0.1, 0.15) is 10.4 Å². The molecule has 96 valence electrons. The van der Waals surface area contributed by atoms with Gasteiger partial charge < -0.3 is 9.88 Å². The lowest BCUT2D eigenvalue weighted by Crippen LogP contribution is -2.28. The number of hydrogen-bond acceptors (Lipinski definition) is 3. The van der Waals surface area contributed by atoms with Crippen LogP contribution in [0.15, 0.2) is 40.6 Å². The van der Waals surface area contributed by atoms with E-state index in [-0.39, 0.29) is 5.56 Å². The highest BCUT2D eigenvalue weighted by Crippen LogP contribution is 2.07. The van der Waals surface area contributed by atoms with Crippen molar-refractivity contribution in [1.82, 2.24) is 9.88 Å². The molecule has 0 saturated carbocycles. The molecule has 0 radical (unpaired) electrons. The van der Waals surface area contributed by atoms with Crippen LogP contribution in [0.25, 0.3) is 0 Å². The minimum Gasteiger partial charge on any atom is -0.315 e. The van der Waals surface area contributed by atoms with Gasteiger partial charge in [0.15, 0.2) is 0 Å². The molecule has 3 nitrogen and oxygen atoms in total. The first-order valence-corrected chi connectivity index (χ1v) is 7.04. The molecule has 0 amide bonds. The first kappa shape index (κ1) is 13.1. The van der Waals surface area contributed by atoms with Crippen LogP contribution >= 0.6 is 11.3 Å². The molecule has 2 heterocycles. The highest BCUT2D eigenvalue weighted by molar-refractivity contribution is 7.09. The SMILES string of the molecule is Cc1cccn(CCNCCc2cccs2)c1=O. The maximum absolute atomic E-state index is 11.8. The molecule has 0 unspecified atom stereocenters. The predicted molar refractivity (Wildman–Crippen MR) is 76.3 cm³/mol. The fraction of sp³-hybridized carbons (Fsp3) is 0.357. The first-order chi connectivity index (χ1) is 8.77. The van der Waals surface area contributed by atoms with Crippen LogP contribution in [0.3, 0.4) is 0 Å². The number of aromatic nitrogens is 1. The van der Waals surface area contributed by atoms with Crippen LogP contribution in [-0.2, 0) is 13.0 Å². The minimum absolute atomic E-state index is 0.109. The quantitative estimate of drug-likeness (QED) is 0.808. The molecular weight excluding hydrogens is 244 g/mol. The molecule has 0 aromatic carbocycles. The van der Waals surface area contributed by atoms with Crippen molar-refractivity contribution in [3.63, 3.8) is 0 Å². The van der Waals surface area contributed by atoms with Gasteiger partial charge in [-0.15, -0.1) is 11.3 Å². The number of nitrogens with one attached hydrogen (secondary N) is 1. The number of hydrogen-bond donors (Lipinski definition) is 1. The van der Waals surface area contributed by atoms with Gasteiger partial charge in [-0.05, 0) is 30.9 Å². The lowest BCUT2D eigenvalue weighted by molar-refractivity contribution is 0.585. The molecule has 1 N–H and O–H groups in total. The monoisotopic (exact) mass is 262 g/mol. The molecule has 0 atom stereocenters. The molecule has 2 rings (SSSR count). The van der Waals surface area contributed by atoms with Crippen LogP contribution in [0.4, 0.5) is 0 Å². The number of rotatable bonds is 6. The van der Waals surface area contributed by atoms with Crippen LogP contribution in [0, 0.1) is 6.92 Å². The summed E-state index contributed by atoms with van der Waals surface area (Å²) < 4.78 is 1.76. The van der Waals surface area contributed by atoms with E-state index in [4.69, 9.17) is 0 Å². The number of aryl methyl sites for hydroxylation is 1. The Morgan fingerprint density at radius 2 is 2.17 bits per heavy atom. The third kappa shape index (κ3) is 3.55. The molecule has 0 aliphatic heterocycles. The molecule has 0 fully saturated rings. The van der Waals surface area contributed by atoms with Crippen LogP contribution in [-0.4, -0.2) is 17.7 Å². The molecule has 0 bridgehead atoms. The summed E-state index contributed by atoms with van der Waals surface area (Å²) in [7, 11) is 0. The highest BCUT2D eigenvalue weighted by Gasteiger charge is 1.98. The van der Waals surface area contributed by atoms with E-state index in [1.54, 1.807) is 15.9 Å². The molecule has 18 heavy (non-hydrogen) atoms. The molecule has 0 aliphatic rings. The zero-order valence-corrected chi connectivity index (χ0v) is 11.4. The topological polar surface area (TPSA) is 34.0 Å². The number of pyridine rings is 1. The van der Waals surface area contributed by atoms with Crippen molar-refractivity contribution in [3.8, 4) is 0 Å². The predicted octanol–water partition coefficient (Wildman–Crippen LogP) is 2.05. The minimum atomic E-state index is 0.109. The van der Waals surface area contributed by atoms with Crippen LogP contribution in [0.2, 0.25) is 0 Å². The fourth-order valence-electron chi connectivity index (χ4n) is 1.82. The van der Waals surface area contributed by atoms with E-state index < -0.39 is 0 Å². The van der Waals surface area contributed by atoms with Gasteiger partial charge in [0.1, 0.15) is 0 Å². The summed E-state index contributed by atoms with van der Waals surface area (Å²) in [6.07, 6.45) is 2.90. The summed E-state index contributed by atoms with van der Waals surface area (Å²) in [6, 6.07) is 8.00. The summed E-state index contributed by atoms with van der Waals surface area (Å²) >= 11 is 1.79. The average molecular weight is 262 g/mol. The molecule has 0 aliphatic carbocycles. The van der Waals surface area contributed by atoms with E-state index in [2.05, 4.69) is 22.8 Å². The number of thiophene rings is 1. The standard InChI is InChI=1S/C14H18N2OS/c1-12-4-2-9-16(14(12)17)10-8-15-7-6-13-5-3-11-18-13/h2-5,9,11,15H,6-8,10H2,1H3. The Balaban J connectivity index is 1.72. The van der Waals surface area contributed by atoms with Crippen molar-refractivity contribution in [1.29, 1.82) is 0 Å². The van der Waals surface area contributed by atoms with Gasteiger partial charge in [-0.2, -0.15) is 0 Å². The Hall–Kier alpha value is -1.39. The van der Waals surface area contributed by atoms with Gasteiger partial charge in [0.05, 0.1) is 0 Å². The van der Waals surface area contributed by atoms with Crippen LogP contribution in [0.5, 0.6) is 0 Å². The average Bonchev–Trinajstić information content (AvgIpc) is 2.87. The zero-order chi connectivity index (χ0) is 12.8. The van der Waals surface area contributed by atoms with Gasteiger partial charge in [0.2, 0.25) is 0 Å². The van der Waals surface area contributed by atoms with E-state index in [0.717, 1.165) is 31.6 Å². The summed E-state index contributed by atoms with van der Waals surface area (Å²) in [4.78, 5) is 13.2. The second kappa shape index (κ2) is 6.52. The Morgan fingerprint density at radius 3 is 2.94 bits per heavy atom. The lowest BCUT2D eigenvalue weighted by Gasteiger charge is -2.07. The van der Waals surface area contributed by atoms with Crippen molar-refractivity contribution < 1.29 is 0 Å². The van der Waals surface area contributed by atoms with E-state index in [1.165, 1.54) is 4.88 Å². The third-order valence-corrected chi connectivity index (χ3v) is 3.80. The molecule has 4 heteroatoms. The summed E-state index contributed by atoms with van der Waals surface area (Å²) in [5.74, 6) is 0. The van der Waals surface area contributed by atoms with Crippen molar-refractivity contribution in [3.05, 3.63) is 56.6 Å². The fourth-order valence-corrected chi connectivity index (χ4v) is 2.53. The second-order valence-corrected chi connectivity index (χ2v) is 5.30. The van der Waals surface area contributed by atoms with E-state index in [9.17, 15) is 4.79 Å². The maximum atomic E-state index is 11.8.